The minimum absolute atomic E-state index is 0.0582. The quantitative estimate of drug-likeness (QED) is 0.354. The van der Waals surface area contributed by atoms with E-state index >= 15 is 0 Å². The van der Waals surface area contributed by atoms with Crippen molar-refractivity contribution >= 4 is 18.8 Å². The van der Waals surface area contributed by atoms with Crippen LogP contribution >= 0.6 is 0 Å². The van der Waals surface area contributed by atoms with Crippen LogP contribution in [-0.2, 0) is 11.2 Å². The van der Waals surface area contributed by atoms with Crippen molar-refractivity contribution in [2.75, 3.05) is 13.1 Å². The molecule has 28 heavy (non-hydrogen) atoms. The zero-order valence-corrected chi connectivity index (χ0v) is 16.2. The Morgan fingerprint density at radius 2 is 2.07 bits per heavy atom. The highest BCUT2D eigenvalue weighted by molar-refractivity contribution is 6.46. The van der Waals surface area contributed by atoms with E-state index in [1.54, 1.807) is 12.1 Å². The number of nitrogens with one attached hydrogen (secondary N) is 2. The third-order valence-corrected chi connectivity index (χ3v) is 5.67. The van der Waals surface area contributed by atoms with Gasteiger partial charge in [-0.05, 0) is 49.7 Å². The number of amides is 1. The van der Waals surface area contributed by atoms with Gasteiger partial charge >= 0.3 is 7.12 Å². The second-order valence-corrected chi connectivity index (χ2v) is 7.79. The van der Waals surface area contributed by atoms with Crippen molar-refractivity contribution in [3.05, 3.63) is 35.9 Å². The first kappa shape index (κ1) is 20.7. The van der Waals surface area contributed by atoms with Gasteiger partial charge in [0.2, 0.25) is 5.91 Å². The molecule has 0 saturated heterocycles. The summed E-state index contributed by atoms with van der Waals surface area (Å²) in [4.78, 5) is 12.5. The fraction of sp³-hybridized carbons (Fsp3) is 0.550. The van der Waals surface area contributed by atoms with Gasteiger partial charge in [0.25, 0.3) is 0 Å². The Hall–Kier alpha value is -2.03. The molecule has 1 atom stereocenters. The number of aliphatic hydroxyl groups excluding tert-OH is 1. The Labute approximate surface area is 166 Å². The van der Waals surface area contributed by atoms with E-state index in [4.69, 9.17) is 10.4 Å². The van der Waals surface area contributed by atoms with E-state index in [1.807, 2.05) is 6.07 Å². The van der Waals surface area contributed by atoms with Crippen molar-refractivity contribution < 1.29 is 19.6 Å². The molecule has 2 aliphatic rings. The molecule has 152 valence electrons. The molecule has 1 aromatic carbocycles. The molecular weight excluding hydrogens is 357 g/mol. The second kappa shape index (κ2) is 9.45. The van der Waals surface area contributed by atoms with Crippen molar-refractivity contribution in [3.63, 3.8) is 0 Å². The molecule has 1 aromatic rings. The molecule has 3 rings (SSSR count). The molecule has 0 aromatic heterocycles. The minimum atomic E-state index is -1.16. The molecule has 1 fully saturated rings. The number of para-hydroxylation sites is 1. The van der Waals surface area contributed by atoms with Crippen molar-refractivity contribution in [2.24, 2.45) is 11.7 Å². The first-order chi connectivity index (χ1) is 13.5. The Morgan fingerprint density at radius 1 is 1.32 bits per heavy atom. The lowest BCUT2D eigenvalue weighted by Gasteiger charge is -2.31. The lowest BCUT2D eigenvalue weighted by molar-refractivity contribution is -0.122. The molecule has 8 heteroatoms. The van der Waals surface area contributed by atoms with Gasteiger partial charge in [0.1, 0.15) is 11.5 Å². The molecule has 1 aliphatic carbocycles. The third kappa shape index (κ3) is 5.07. The van der Waals surface area contributed by atoms with Crippen LogP contribution in [0.4, 0.5) is 0 Å². The van der Waals surface area contributed by atoms with Crippen LogP contribution in [0.3, 0.4) is 0 Å². The van der Waals surface area contributed by atoms with Gasteiger partial charge in [-0.15, -0.1) is 0 Å². The summed E-state index contributed by atoms with van der Waals surface area (Å²) in [7, 11) is -1.16. The van der Waals surface area contributed by atoms with Crippen LogP contribution < -0.4 is 21.0 Å². The largest absolute Gasteiger partial charge is 0.547 e. The first-order valence-corrected chi connectivity index (χ1v) is 10.1. The maximum absolute atomic E-state index is 12.5. The third-order valence-electron chi connectivity index (χ3n) is 5.67. The smallest absolute Gasteiger partial charge is 0.534 e. The SMILES string of the molecule is C=C(O)c1cccc2c1OB(O)[C@@H](NC(=O)C[C@H]1CC[C@H](NCCN)CC1)C2. The van der Waals surface area contributed by atoms with Gasteiger partial charge < -0.3 is 31.2 Å². The van der Waals surface area contributed by atoms with E-state index in [-0.39, 0.29) is 11.7 Å². The van der Waals surface area contributed by atoms with Gasteiger partial charge in [0.05, 0.1) is 11.5 Å². The van der Waals surface area contributed by atoms with Crippen LogP contribution in [0.15, 0.2) is 24.8 Å². The normalized spacial score (nSPS) is 24.2. The summed E-state index contributed by atoms with van der Waals surface area (Å²) in [6, 6.07) is 5.85. The number of benzene rings is 1. The summed E-state index contributed by atoms with van der Waals surface area (Å²) in [5.41, 5.74) is 6.82. The topological polar surface area (TPSA) is 117 Å². The lowest BCUT2D eigenvalue weighted by Crippen LogP contribution is -2.53. The fourth-order valence-electron chi connectivity index (χ4n) is 4.16. The Balaban J connectivity index is 1.51. The van der Waals surface area contributed by atoms with Crippen molar-refractivity contribution in [2.45, 2.75) is 50.5 Å². The molecule has 1 aliphatic heterocycles. The lowest BCUT2D eigenvalue weighted by atomic mass is 9.72. The van der Waals surface area contributed by atoms with E-state index in [0.717, 1.165) is 37.8 Å². The number of hydrogen-bond acceptors (Lipinski definition) is 6. The van der Waals surface area contributed by atoms with Crippen molar-refractivity contribution in [3.8, 4) is 5.75 Å². The molecular formula is C20H30BN3O4. The summed E-state index contributed by atoms with van der Waals surface area (Å²) >= 11 is 0. The summed E-state index contributed by atoms with van der Waals surface area (Å²) in [5, 5.41) is 26.4. The average Bonchev–Trinajstić information content (AvgIpc) is 2.67. The van der Waals surface area contributed by atoms with Crippen LogP contribution in [0.2, 0.25) is 0 Å². The predicted octanol–water partition coefficient (Wildman–Crippen LogP) is 1.15. The van der Waals surface area contributed by atoms with Crippen LogP contribution in [0.1, 0.15) is 43.2 Å². The van der Waals surface area contributed by atoms with Gasteiger partial charge in [0, 0.05) is 25.6 Å². The maximum atomic E-state index is 12.5. The van der Waals surface area contributed by atoms with E-state index in [2.05, 4.69) is 17.2 Å². The van der Waals surface area contributed by atoms with E-state index in [1.165, 1.54) is 0 Å². The van der Waals surface area contributed by atoms with Crippen molar-refractivity contribution in [1.82, 2.24) is 10.6 Å². The number of fused-ring (bicyclic) bond motifs is 1. The van der Waals surface area contributed by atoms with Crippen LogP contribution in [0, 0.1) is 5.92 Å². The summed E-state index contributed by atoms with van der Waals surface area (Å²) in [6.07, 6.45) is 5.07. The summed E-state index contributed by atoms with van der Waals surface area (Å²) < 4.78 is 5.58. The summed E-state index contributed by atoms with van der Waals surface area (Å²) in [5.74, 6) is 0.121. The number of aliphatic hydroxyl groups is 1. The molecule has 1 amide bonds. The van der Waals surface area contributed by atoms with Crippen LogP contribution in [-0.4, -0.2) is 48.2 Å². The van der Waals surface area contributed by atoms with E-state index < -0.39 is 13.1 Å². The average molecular weight is 387 g/mol. The van der Waals surface area contributed by atoms with Crippen LogP contribution in [0.5, 0.6) is 5.75 Å². The second-order valence-electron chi connectivity index (χ2n) is 7.79. The van der Waals surface area contributed by atoms with Gasteiger partial charge in [-0.3, -0.25) is 4.79 Å². The molecule has 0 bridgehead atoms. The molecule has 6 N–H and O–H groups in total. The highest BCUT2D eigenvalue weighted by Gasteiger charge is 2.37. The predicted molar refractivity (Wildman–Crippen MR) is 110 cm³/mol. The molecule has 1 heterocycles. The van der Waals surface area contributed by atoms with E-state index in [9.17, 15) is 14.9 Å². The van der Waals surface area contributed by atoms with Gasteiger partial charge in [-0.2, -0.15) is 0 Å². The Kier molecular flexibility index (Phi) is 6.99. The maximum Gasteiger partial charge on any atom is 0.547 e. The first-order valence-electron chi connectivity index (χ1n) is 10.1. The monoisotopic (exact) mass is 387 g/mol. The molecule has 0 unspecified atom stereocenters. The number of carbonyl (C=O) groups is 1. The molecule has 1 saturated carbocycles. The van der Waals surface area contributed by atoms with Gasteiger partial charge in [-0.25, -0.2) is 0 Å². The minimum Gasteiger partial charge on any atom is -0.534 e. The fourth-order valence-corrected chi connectivity index (χ4v) is 4.16. The Bertz CT molecular complexity index is 707. The highest BCUT2D eigenvalue weighted by atomic mass is 16.5. The molecule has 0 radical (unpaired) electrons. The van der Waals surface area contributed by atoms with E-state index in [0.29, 0.717) is 42.7 Å². The van der Waals surface area contributed by atoms with Gasteiger partial charge in [0.15, 0.2) is 0 Å². The zero-order valence-electron chi connectivity index (χ0n) is 16.2. The molecule has 0 spiro atoms. The summed E-state index contributed by atoms with van der Waals surface area (Å²) in [6.45, 7) is 5.01. The molecule has 7 nitrogen and oxygen atoms in total. The number of hydrogen-bond donors (Lipinski definition) is 5. The number of carbonyl (C=O) groups excluding carboxylic acids is 1. The van der Waals surface area contributed by atoms with Gasteiger partial charge in [-0.1, -0.05) is 18.7 Å². The number of nitrogens with two attached hydrogens (primary N) is 1. The zero-order chi connectivity index (χ0) is 20.1. The van der Waals surface area contributed by atoms with Crippen molar-refractivity contribution in [1.29, 1.82) is 0 Å². The Morgan fingerprint density at radius 3 is 2.75 bits per heavy atom. The standard InChI is InChI=1S/C20H30BN3O4/c1-13(25)17-4-2-3-15-12-18(21(27)28-20(15)17)24-19(26)11-14-5-7-16(8-6-14)23-10-9-22/h2-4,14,16,18,23,25,27H,1,5-12,22H2,(H,24,26)/t14-,16-,18-/m0/s1. The highest BCUT2D eigenvalue weighted by Crippen LogP contribution is 2.33. The number of rotatable bonds is 7. The van der Waals surface area contributed by atoms with Crippen LogP contribution in [0.25, 0.3) is 5.76 Å².